The summed E-state index contributed by atoms with van der Waals surface area (Å²) in [6.45, 7) is 19.0. The van der Waals surface area contributed by atoms with Gasteiger partial charge in [0.15, 0.2) is 0 Å². The van der Waals surface area contributed by atoms with Gasteiger partial charge in [-0.25, -0.2) is 0 Å². The number of furan rings is 2. The average Bonchev–Trinajstić information content (AvgIpc) is 4.20. The minimum absolute atomic E-state index is 0.217. The van der Waals surface area contributed by atoms with Crippen molar-refractivity contribution in [3.05, 3.63) is 233 Å². The van der Waals surface area contributed by atoms with Crippen molar-refractivity contribution >= 4 is 60.9 Å². The maximum Gasteiger partial charge on any atom is 0.144 e. The van der Waals surface area contributed by atoms with Gasteiger partial charge in [-0.1, -0.05) is 187 Å². The predicted molar refractivity (Wildman–Crippen MR) is 309 cm³/mol. The van der Waals surface area contributed by atoms with E-state index in [1.54, 1.807) is 0 Å². The van der Waals surface area contributed by atoms with E-state index in [4.69, 9.17) is 8.83 Å². The monoisotopic (exact) mass is 953 g/mol. The zero-order valence-corrected chi connectivity index (χ0v) is 43.2. The van der Waals surface area contributed by atoms with E-state index in [1.807, 2.05) is 0 Å². The number of rotatable bonds is 5. The number of hydrogen-bond acceptors (Lipinski definition) is 3. The van der Waals surface area contributed by atoms with Gasteiger partial charge in [-0.15, -0.1) is 0 Å². The van der Waals surface area contributed by atoms with Crippen LogP contribution < -0.4 is 4.90 Å². The second-order valence-corrected chi connectivity index (χ2v) is 22.9. The molecule has 356 valence electrons. The van der Waals surface area contributed by atoms with E-state index < -0.39 is 0 Å². The first-order valence-corrected chi connectivity index (χ1v) is 26.2. The lowest BCUT2D eigenvalue weighted by Crippen LogP contribution is -2.24. The quantitative estimate of drug-likeness (QED) is 0.172. The number of anilines is 3. The van der Waals surface area contributed by atoms with Crippen molar-refractivity contribution in [3.8, 4) is 55.6 Å². The van der Waals surface area contributed by atoms with Crippen LogP contribution in [0.4, 0.5) is 17.1 Å². The molecule has 2 heterocycles. The summed E-state index contributed by atoms with van der Waals surface area (Å²) in [7, 11) is 0. The molecule has 3 nitrogen and oxygen atoms in total. The Kier molecular flexibility index (Phi) is 8.68. The fraction of sp³-hybridized carbons (Fsp3) is 0.155. The van der Waals surface area contributed by atoms with Crippen LogP contribution in [0.1, 0.15) is 86.1 Å². The molecule has 3 aliphatic rings. The summed E-state index contributed by atoms with van der Waals surface area (Å²) < 4.78 is 14.1. The van der Waals surface area contributed by atoms with Gasteiger partial charge in [0.25, 0.3) is 0 Å². The van der Waals surface area contributed by atoms with Gasteiger partial charge in [0.1, 0.15) is 22.3 Å². The Bertz CT molecular complexity index is 4420. The minimum Gasteiger partial charge on any atom is -0.455 e. The lowest BCUT2D eigenvalue weighted by molar-refractivity contribution is 0.600. The van der Waals surface area contributed by atoms with Crippen molar-refractivity contribution in [2.45, 2.75) is 71.6 Å². The zero-order chi connectivity index (χ0) is 50.2. The van der Waals surface area contributed by atoms with Gasteiger partial charge in [0, 0.05) is 66.0 Å². The highest BCUT2D eigenvalue weighted by molar-refractivity contribution is 6.22. The van der Waals surface area contributed by atoms with Crippen LogP contribution in [0.3, 0.4) is 0 Å². The van der Waals surface area contributed by atoms with Gasteiger partial charge in [-0.2, -0.15) is 0 Å². The standard InChI is InChI=1S/C71H55NO2/c1-40-30-35-57(41(2)36-40)72(44-32-34-49-55(38-44)71(7,8)66-64(49)68-63(51-26-16-19-29-59(51)74-68)61-47-24-14-17-27-53(47)70(5,6)65(61)66)43-31-33-48-54(37-43)69(3,4)56-39-52(46-23-13-12-22-45(46)42-20-10-9-11-21-42)67-62(60(48)56)50-25-15-18-28-58(50)73-67/h9-39H,1-8H3. The zero-order valence-electron chi connectivity index (χ0n) is 43.2. The lowest BCUT2D eigenvalue weighted by Gasteiger charge is -2.32. The molecule has 0 saturated carbocycles. The Morgan fingerprint density at radius 2 is 0.892 bits per heavy atom. The second kappa shape index (κ2) is 14.9. The van der Waals surface area contributed by atoms with E-state index in [2.05, 4.69) is 248 Å². The van der Waals surface area contributed by atoms with Crippen molar-refractivity contribution < 1.29 is 8.83 Å². The Morgan fingerprint density at radius 3 is 1.58 bits per heavy atom. The van der Waals surface area contributed by atoms with E-state index in [9.17, 15) is 0 Å². The van der Waals surface area contributed by atoms with E-state index in [1.165, 1.54) is 111 Å². The molecule has 0 unspecified atom stereocenters. The fourth-order valence-electron chi connectivity index (χ4n) is 14.2. The third-order valence-corrected chi connectivity index (χ3v) is 17.6. The van der Waals surface area contributed by atoms with Gasteiger partial charge in [0.05, 0.1) is 0 Å². The summed E-state index contributed by atoms with van der Waals surface area (Å²) in [4.78, 5) is 2.51. The van der Waals surface area contributed by atoms with Gasteiger partial charge >= 0.3 is 0 Å². The van der Waals surface area contributed by atoms with Crippen LogP contribution >= 0.6 is 0 Å². The highest BCUT2D eigenvalue weighted by Gasteiger charge is 2.49. The predicted octanol–water partition coefficient (Wildman–Crippen LogP) is 19.8. The third kappa shape index (κ3) is 5.62. The molecule has 0 amide bonds. The first-order valence-electron chi connectivity index (χ1n) is 26.2. The Hall–Kier alpha value is -8.40. The summed E-state index contributed by atoms with van der Waals surface area (Å²) in [5.41, 5.74) is 29.2. The van der Waals surface area contributed by atoms with Crippen molar-refractivity contribution in [3.63, 3.8) is 0 Å². The number of aryl methyl sites for hydroxylation is 2. The van der Waals surface area contributed by atoms with E-state index in [0.29, 0.717) is 0 Å². The first-order chi connectivity index (χ1) is 35.8. The molecular formula is C71H55NO2. The van der Waals surface area contributed by atoms with E-state index in [-0.39, 0.29) is 16.2 Å². The summed E-state index contributed by atoms with van der Waals surface area (Å²) in [5, 5.41) is 4.72. The Balaban J connectivity index is 0.942. The Morgan fingerprint density at radius 1 is 0.365 bits per heavy atom. The number of fused-ring (bicyclic) bond motifs is 19. The summed E-state index contributed by atoms with van der Waals surface area (Å²) in [6, 6.07) is 69.6. The number of hydrogen-bond donors (Lipinski definition) is 0. The van der Waals surface area contributed by atoms with Crippen molar-refractivity contribution in [1.29, 1.82) is 0 Å². The molecule has 0 saturated heterocycles. The molecule has 0 bridgehead atoms. The summed E-state index contributed by atoms with van der Waals surface area (Å²) in [5.74, 6) is 0. The van der Waals surface area contributed by atoms with Crippen LogP contribution in [0.25, 0.3) is 99.5 Å². The largest absolute Gasteiger partial charge is 0.455 e. The van der Waals surface area contributed by atoms with E-state index >= 15 is 0 Å². The van der Waals surface area contributed by atoms with Crippen LogP contribution in [0.5, 0.6) is 0 Å². The molecule has 0 aliphatic heterocycles. The van der Waals surface area contributed by atoms with E-state index in [0.717, 1.165) is 50.3 Å². The van der Waals surface area contributed by atoms with Gasteiger partial charge in [-0.3, -0.25) is 0 Å². The smallest absolute Gasteiger partial charge is 0.144 e. The van der Waals surface area contributed by atoms with Gasteiger partial charge in [-0.05, 0) is 146 Å². The number of benzene rings is 10. The maximum atomic E-state index is 7.07. The van der Waals surface area contributed by atoms with Gasteiger partial charge < -0.3 is 13.7 Å². The number of nitrogens with zero attached hydrogens (tertiary/aromatic N) is 1. The highest BCUT2D eigenvalue weighted by atomic mass is 16.3. The van der Waals surface area contributed by atoms with Crippen molar-refractivity contribution in [2.24, 2.45) is 0 Å². The molecular weight excluding hydrogens is 899 g/mol. The minimum atomic E-state index is -0.345. The first kappa shape index (κ1) is 43.2. The van der Waals surface area contributed by atoms with Crippen LogP contribution in [-0.4, -0.2) is 0 Å². The molecule has 0 radical (unpaired) electrons. The second-order valence-electron chi connectivity index (χ2n) is 22.9. The Labute approximate surface area is 432 Å². The molecule has 74 heavy (non-hydrogen) atoms. The fourth-order valence-corrected chi connectivity index (χ4v) is 14.2. The van der Waals surface area contributed by atoms with Crippen molar-refractivity contribution in [2.75, 3.05) is 4.90 Å². The molecule has 15 rings (SSSR count). The van der Waals surface area contributed by atoms with Crippen LogP contribution in [-0.2, 0) is 16.2 Å². The SMILES string of the molecule is Cc1ccc(N(c2ccc3c(c2)C(C)(C)c2cc(-c4ccccc4-c4ccccc4)c4oc5ccccc5c4c2-3)c2ccc3c(c2)C(C)(C)c2c4c(c5c(oc6ccccc65)c2-3)-c2ccccc2C4(C)C)c(C)c1. The van der Waals surface area contributed by atoms with Crippen LogP contribution in [0.2, 0.25) is 0 Å². The lowest BCUT2D eigenvalue weighted by atomic mass is 9.72. The topological polar surface area (TPSA) is 29.5 Å². The normalized spacial score (nSPS) is 15.1. The number of para-hydroxylation sites is 2. The average molecular weight is 954 g/mol. The molecule has 0 spiro atoms. The molecule has 0 fully saturated rings. The summed E-state index contributed by atoms with van der Waals surface area (Å²) in [6.07, 6.45) is 0. The molecule has 2 aromatic heterocycles. The molecule has 3 heteroatoms. The highest BCUT2D eigenvalue weighted by Crippen LogP contribution is 2.64. The molecule has 0 atom stereocenters. The molecule has 3 aliphatic carbocycles. The van der Waals surface area contributed by atoms with Crippen LogP contribution in [0.15, 0.2) is 197 Å². The summed E-state index contributed by atoms with van der Waals surface area (Å²) >= 11 is 0. The maximum absolute atomic E-state index is 7.07. The molecule has 10 aromatic carbocycles. The third-order valence-electron chi connectivity index (χ3n) is 17.6. The molecule has 0 N–H and O–H groups in total. The molecule has 12 aromatic rings. The van der Waals surface area contributed by atoms with Crippen LogP contribution in [0, 0.1) is 13.8 Å². The van der Waals surface area contributed by atoms with Gasteiger partial charge in [0.2, 0.25) is 0 Å². The van der Waals surface area contributed by atoms with Crippen molar-refractivity contribution in [1.82, 2.24) is 0 Å².